The molecule has 1 aromatic rings. The van der Waals surface area contributed by atoms with Gasteiger partial charge in [0.25, 0.3) is 0 Å². The normalized spacial score (nSPS) is 22.4. The highest BCUT2D eigenvalue weighted by Crippen LogP contribution is 2.45. The molecule has 94 valence electrons. The van der Waals surface area contributed by atoms with Gasteiger partial charge in [-0.15, -0.1) is 0 Å². The summed E-state index contributed by atoms with van der Waals surface area (Å²) in [6, 6.07) is 6.80. The van der Waals surface area contributed by atoms with Crippen LogP contribution in [0, 0.1) is 5.41 Å². The topological polar surface area (TPSA) is 72.2 Å². The highest BCUT2D eigenvalue weighted by Gasteiger charge is 2.47. The van der Waals surface area contributed by atoms with Gasteiger partial charge >= 0.3 is 0 Å². The quantitative estimate of drug-likeness (QED) is 0.848. The lowest BCUT2D eigenvalue weighted by molar-refractivity contribution is 0.555. The van der Waals surface area contributed by atoms with Gasteiger partial charge < -0.3 is 5.73 Å². The molecule has 1 aliphatic carbocycles. The predicted octanol–water partition coefficient (Wildman–Crippen LogP) is 1.22. The second-order valence-corrected chi connectivity index (χ2v) is 6.93. The van der Waals surface area contributed by atoms with Crippen molar-refractivity contribution in [2.45, 2.75) is 37.8 Å². The van der Waals surface area contributed by atoms with Crippen molar-refractivity contribution in [3.63, 3.8) is 0 Å². The summed E-state index contributed by atoms with van der Waals surface area (Å²) in [6.07, 6.45) is 0.892. The third-order valence-corrected chi connectivity index (χ3v) is 4.72. The minimum atomic E-state index is -3.41. The summed E-state index contributed by atoms with van der Waals surface area (Å²) in [5, 5.41) is 0. The zero-order chi connectivity index (χ0) is 12.7. The van der Waals surface area contributed by atoms with Gasteiger partial charge in [-0.05, 0) is 29.5 Å². The van der Waals surface area contributed by atoms with E-state index in [1.54, 1.807) is 18.2 Å². The van der Waals surface area contributed by atoms with Gasteiger partial charge in [0.2, 0.25) is 10.0 Å². The molecule has 0 spiro atoms. The molecule has 17 heavy (non-hydrogen) atoms. The number of hydrogen-bond donors (Lipinski definition) is 2. The molecule has 0 bridgehead atoms. The van der Waals surface area contributed by atoms with E-state index >= 15 is 0 Å². The van der Waals surface area contributed by atoms with Gasteiger partial charge in [0.05, 0.1) is 4.90 Å². The van der Waals surface area contributed by atoms with Crippen LogP contribution in [0.5, 0.6) is 0 Å². The van der Waals surface area contributed by atoms with Gasteiger partial charge in [0, 0.05) is 12.6 Å². The molecule has 1 unspecified atom stereocenters. The Labute approximate surface area is 102 Å². The Morgan fingerprint density at radius 3 is 2.65 bits per heavy atom. The minimum absolute atomic E-state index is 0.0500. The maximum Gasteiger partial charge on any atom is 0.240 e. The van der Waals surface area contributed by atoms with Gasteiger partial charge in [0.1, 0.15) is 0 Å². The molecule has 0 saturated heterocycles. The van der Waals surface area contributed by atoms with E-state index in [4.69, 9.17) is 5.73 Å². The van der Waals surface area contributed by atoms with Crippen LogP contribution in [0.25, 0.3) is 0 Å². The fourth-order valence-electron chi connectivity index (χ4n) is 1.76. The van der Waals surface area contributed by atoms with Crippen LogP contribution < -0.4 is 10.5 Å². The van der Waals surface area contributed by atoms with Crippen molar-refractivity contribution in [3.8, 4) is 0 Å². The zero-order valence-electron chi connectivity index (χ0n) is 10.1. The summed E-state index contributed by atoms with van der Waals surface area (Å²) in [6.45, 7) is 4.45. The monoisotopic (exact) mass is 254 g/mol. The average molecular weight is 254 g/mol. The summed E-state index contributed by atoms with van der Waals surface area (Å²) in [4.78, 5) is 0.295. The molecule has 2 rings (SSSR count). The summed E-state index contributed by atoms with van der Waals surface area (Å²) in [7, 11) is -3.41. The van der Waals surface area contributed by atoms with Crippen molar-refractivity contribution in [1.82, 2.24) is 4.72 Å². The van der Waals surface area contributed by atoms with Gasteiger partial charge in [-0.25, -0.2) is 13.1 Å². The van der Waals surface area contributed by atoms with Crippen molar-refractivity contribution in [2.75, 3.05) is 0 Å². The van der Waals surface area contributed by atoms with Gasteiger partial charge in [0.15, 0.2) is 0 Å². The molecule has 1 atom stereocenters. The van der Waals surface area contributed by atoms with E-state index in [-0.39, 0.29) is 11.5 Å². The maximum absolute atomic E-state index is 12.1. The Hall–Kier alpha value is -0.910. The summed E-state index contributed by atoms with van der Waals surface area (Å²) in [5.41, 5.74) is 6.41. The smallest absolute Gasteiger partial charge is 0.240 e. The summed E-state index contributed by atoms with van der Waals surface area (Å²) in [5.74, 6) is 0. The van der Waals surface area contributed by atoms with Crippen LogP contribution in [0.3, 0.4) is 0 Å². The number of nitrogens with one attached hydrogen (secondary N) is 1. The lowest BCUT2D eigenvalue weighted by Crippen LogP contribution is -2.28. The molecule has 3 N–H and O–H groups in total. The second-order valence-electron chi connectivity index (χ2n) is 5.22. The van der Waals surface area contributed by atoms with E-state index in [1.165, 1.54) is 0 Å². The molecule has 0 aliphatic heterocycles. The van der Waals surface area contributed by atoms with Crippen LogP contribution in [0.1, 0.15) is 25.8 Å². The average Bonchev–Trinajstić information content (AvgIpc) is 2.85. The van der Waals surface area contributed by atoms with E-state index in [2.05, 4.69) is 18.6 Å². The van der Waals surface area contributed by atoms with E-state index < -0.39 is 10.0 Å². The third-order valence-electron chi connectivity index (χ3n) is 3.26. The van der Waals surface area contributed by atoms with Crippen molar-refractivity contribution in [3.05, 3.63) is 29.8 Å². The van der Waals surface area contributed by atoms with E-state index in [0.29, 0.717) is 11.4 Å². The van der Waals surface area contributed by atoms with E-state index in [1.807, 2.05) is 6.07 Å². The first-order valence-corrected chi connectivity index (χ1v) is 7.15. The van der Waals surface area contributed by atoms with Crippen LogP contribution in [-0.4, -0.2) is 14.5 Å². The molecule has 4 nitrogen and oxygen atoms in total. The molecule has 0 radical (unpaired) electrons. The minimum Gasteiger partial charge on any atom is -0.326 e. The van der Waals surface area contributed by atoms with Crippen molar-refractivity contribution >= 4 is 10.0 Å². The Kier molecular flexibility index (Phi) is 3.01. The molecule has 1 aliphatic rings. The highest BCUT2D eigenvalue weighted by molar-refractivity contribution is 7.89. The number of nitrogens with two attached hydrogens (primary N) is 1. The zero-order valence-corrected chi connectivity index (χ0v) is 10.9. The summed E-state index contributed by atoms with van der Waals surface area (Å²) >= 11 is 0. The van der Waals surface area contributed by atoms with Crippen LogP contribution >= 0.6 is 0 Å². The number of hydrogen-bond acceptors (Lipinski definition) is 3. The van der Waals surface area contributed by atoms with E-state index in [9.17, 15) is 8.42 Å². The first kappa shape index (κ1) is 12.5. The molecular formula is C12H18N2O2S. The lowest BCUT2D eigenvalue weighted by atomic mass is 10.2. The van der Waals surface area contributed by atoms with Crippen LogP contribution in [-0.2, 0) is 16.6 Å². The molecule has 5 heteroatoms. The van der Waals surface area contributed by atoms with Crippen LogP contribution in [0.2, 0.25) is 0 Å². The fraction of sp³-hybridized carbons (Fsp3) is 0.500. The maximum atomic E-state index is 12.1. The fourth-order valence-corrected chi connectivity index (χ4v) is 3.24. The number of rotatable bonds is 4. The SMILES string of the molecule is CC1(C)CC1NS(=O)(=O)c1cccc(CN)c1. The molecule has 1 fully saturated rings. The van der Waals surface area contributed by atoms with Crippen molar-refractivity contribution in [1.29, 1.82) is 0 Å². The molecule has 0 aromatic heterocycles. The predicted molar refractivity (Wildman–Crippen MR) is 66.8 cm³/mol. The van der Waals surface area contributed by atoms with E-state index in [0.717, 1.165) is 12.0 Å². The Morgan fingerprint density at radius 1 is 1.47 bits per heavy atom. The Bertz CT molecular complexity index is 523. The molecular weight excluding hydrogens is 236 g/mol. The van der Waals surface area contributed by atoms with Crippen LogP contribution in [0.4, 0.5) is 0 Å². The molecule has 0 heterocycles. The van der Waals surface area contributed by atoms with Crippen molar-refractivity contribution < 1.29 is 8.42 Å². The second kappa shape index (κ2) is 4.08. The molecule has 1 aromatic carbocycles. The van der Waals surface area contributed by atoms with Gasteiger partial charge in [-0.1, -0.05) is 26.0 Å². The largest absolute Gasteiger partial charge is 0.326 e. The molecule has 1 saturated carbocycles. The molecule has 0 amide bonds. The number of sulfonamides is 1. The summed E-state index contributed by atoms with van der Waals surface area (Å²) < 4.78 is 26.9. The van der Waals surface area contributed by atoms with Gasteiger partial charge in [-0.3, -0.25) is 0 Å². The number of benzene rings is 1. The van der Waals surface area contributed by atoms with Crippen LogP contribution in [0.15, 0.2) is 29.2 Å². The first-order chi connectivity index (χ1) is 7.85. The highest BCUT2D eigenvalue weighted by atomic mass is 32.2. The standard InChI is InChI=1S/C12H18N2O2S/c1-12(2)7-11(12)14-17(15,16)10-5-3-4-9(6-10)8-13/h3-6,11,14H,7-8,13H2,1-2H3. The van der Waals surface area contributed by atoms with Gasteiger partial charge in [-0.2, -0.15) is 0 Å². The first-order valence-electron chi connectivity index (χ1n) is 5.66. The van der Waals surface area contributed by atoms with Crippen molar-refractivity contribution in [2.24, 2.45) is 11.1 Å². The third kappa shape index (κ3) is 2.68. The lowest BCUT2D eigenvalue weighted by Gasteiger charge is -2.09. The Balaban J connectivity index is 2.20. The Morgan fingerprint density at radius 2 is 2.12 bits per heavy atom.